The van der Waals surface area contributed by atoms with Crippen molar-refractivity contribution in [3.63, 3.8) is 0 Å². The number of hydrogen-bond donors (Lipinski definition) is 1. The Balaban J connectivity index is 2.62. The van der Waals surface area contributed by atoms with Crippen molar-refractivity contribution in [1.29, 1.82) is 0 Å². The Bertz CT molecular complexity index is 353. The van der Waals surface area contributed by atoms with E-state index >= 15 is 0 Å². The van der Waals surface area contributed by atoms with E-state index in [9.17, 15) is 0 Å². The maximum atomic E-state index is 4.44. The Labute approximate surface area is 111 Å². The number of nitrogens with one attached hydrogen (secondary N) is 1. The predicted molar refractivity (Wildman–Crippen MR) is 76.6 cm³/mol. The lowest BCUT2D eigenvalue weighted by atomic mass is 9.87. The topological polar surface area (TPSA) is 41.1 Å². The van der Waals surface area contributed by atoms with Gasteiger partial charge in [0.15, 0.2) is 0 Å². The van der Waals surface area contributed by atoms with Gasteiger partial charge in [-0.3, -0.25) is 9.88 Å². The van der Waals surface area contributed by atoms with Crippen molar-refractivity contribution in [2.24, 2.45) is 5.41 Å². The molecule has 0 fully saturated rings. The highest BCUT2D eigenvalue weighted by Crippen LogP contribution is 2.23. The zero-order valence-electron chi connectivity index (χ0n) is 12.5. The van der Waals surface area contributed by atoms with Gasteiger partial charge in [0.1, 0.15) is 5.82 Å². The van der Waals surface area contributed by atoms with Crippen LogP contribution in [0.3, 0.4) is 0 Å². The van der Waals surface area contributed by atoms with Crippen LogP contribution in [-0.4, -0.2) is 34.5 Å². The third-order valence-electron chi connectivity index (χ3n) is 3.39. The highest BCUT2D eigenvalue weighted by molar-refractivity contribution is 5.30. The molecule has 0 bridgehead atoms. The Kier molecular flexibility index (Phi) is 5.08. The van der Waals surface area contributed by atoms with Gasteiger partial charge in [0.05, 0.1) is 18.1 Å². The van der Waals surface area contributed by atoms with Crippen molar-refractivity contribution >= 4 is 5.82 Å². The Morgan fingerprint density at radius 3 is 2.39 bits per heavy atom. The van der Waals surface area contributed by atoms with Crippen molar-refractivity contribution in [1.82, 2.24) is 14.9 Å². The van der Waals surface area contributed by atoms with Crippen LogP contribution in [-0.2, 0) is 6.54 Å². The van der Waals surface area contributed by atoms with E-state index < -0.39 is 0 Å². The quantitative estimate of drug-likeness (QED) is 0.872. The first-order valence-corrected chi connectivity index (χ1v) is 6.59. The zero-order chi connectivity index (χ0) is 13.8. The maximum Gasteiger partial charge on any atom is 0.144 e. The monoisotopic (exact) mass is 250 g/mol. The van der Waals surface area contributed by atoms with Crippen molar-refractivity contribution in [3.05, 3.63) is 18.1 Å². The van der Waals surface area contributed by atoms with Crippen LogP contribution < -0.4 is 5.32 Å². The Morgan fingerprint density at radius 1 is 1.28 bits per heavy atom. The van der Waals surface area contributed by atoms with Crippen LogP contribution in [0.4, 0.5) is 5.82 Å². The van der Waals surface area contributed by atoms with E-state index in [1.165, 1.54) is 0 Å². The number of nitrogens with zero attached hydrogens (tertiary/aromatic N) is 3. The summed E-state index contributed by atoms with van der Waals surface area (Å²) in [7, 11) is 2.13. The predicted octanol–water partition coefficient (Wildman–Crippen LogP) is 2.77. The Morgan fingerprint density at radius 2 is 1.94 bits per heavy atom. The second-order valence-corrected chi connectivity index (χ2v) is 5.88. The minimum atomic E-state index is 0.270. The molecule has 0 aliphatic rings. The van der Waals surface area contributed by atoms with E-state index in [1.807, 2.05) is 13.1 Å². The first-order valence-electron chi connectivity index (χ1n) is 6.59. The number of hydrogen-bond acceptors (Lipinski definition) is 4. The number of rotatable bonds is 5. The van der Waals surface area contributed by atoms with E-state index in [0.717, 1.165) is 24.6 Å². The molecule has 0 radical (unpaired) electrons. The van der Waals surface area contributed by atoms with Gasteiger partial charge in [0.2, 0.25) is 0 Å². The van der Waals surface area contributed by atoms with Gasteiger partial charge in [0, 0.05) is 19.1 Å². The van der Waals surface area contributed by atoms with Gasteiger partial charge >= 0.3 is 0 Å². The van der Waals surface area contributed by atoms with Gasteiger partial charge in [-0.2, -0.15) is 0 Å². The standard InChI is InChI=1S/C14H26N4/c1-7-15-13-9-16-12(8-17-13)10-18(6)11(2)14(3,4)5/h8-9,11H,7,10H2,1-6H3,(H,15,17). The van der Waals surface area contributed by atoms with Crippen LogP contribution in [0.2, 0.25) is 0 Å². The number of anilines is 1. The molecule has 1 aromatic rings. The van der Waals surface area contributed by atoms with Crippen molar-refractivity contribution in [2.45, 2.75) is 47.2 Å². The minimum Gasteiger partial charge on any atom is -0.369 e. The van der Waals surface area contributed by atoms with Crippen LogP contribution in [0.1, 0.15) is 40.3 Å². The molecular formula is C14H26N4. The molecule has 1 N–H and O–H groups in total. The fourth-order valence-corrected chi connectivity index (χ4v) is 1.76. The summed E-state index contributed by atoms with van der Waals surface area (Å²) >= 11 is 0. The summed E-state index contributed by atoms with van der Waals surface area (Å²) in [5.41, 5.74) is 1.28. The molecule has 0 aromatic carbocycles. The lowest BCUT2D eigenvalue weighted by molar-refractivity contribution is 0.133. The molecule has 1 aromatic heterocycles. The molecule has 4 heteroatoms. The van der Waals surface area contributed by atoms with E-state index in [1.54, 1.807) is 6.20 Å². The molecule has 0 spiro atoms. The zero-order valence-corrected chi connectivity index (χ0v) is 12.5. The lowest BCUT2D eigenvalue weighted by Gasteiger charge is -2.35. The van der Waals surface area contributed by atoms with Gasteiger partial charge < -0.3 is 5.32 Å². The first-order chi connectivity index (χ1) is 8.34. The molecule has 1 rings (SSSR count). The van der Waals surface area contributed by atoms with Gasteiger partial charge in [-0.05, 0) is 26.3 Å². The highest BCUT2D eigenvalue weighted by Gasteiger charge is 2.23. The third kappa shape index (κ3) is 4.26. The van der Waals surface area contributed by atoms with Gasteiger partial charge in [0.25, 0.3) is 0 Å². The van der Waals surface area contributed by atoms with E-state index in [2.05, 4.69) is 54.9 Å². The van der Waals surface area contributed by atoms with Gasteiger partial charge in [-0.1, -0.05) is 20.8 Å². The SMILES string of the molecule is CCNc1cnc(CN(C)C(C)C(C)(C)C)cn1. The second-order valence-electron chi connectivity index (χ2n) is 5.88. The molecule has 1 heterocycles. The summed E-state index contributed by atoms with van der Waals surface area (Å²) in [5, 5.41) is 3.15. The molecule has 0 saturated carbocycles. The van der Waals surface area contributed by atoms with Crippen LogP contribution in [0, 0.1) is 5.41 Å². The van der Waals surface area contributed by atoms with Crippen LogP contribution >= 0.6 is 0 Å². The fraction of sp³-hybridized carbons (Fsp3) is 0.714. The largest absolute Gasteiger partial charge is 0.369 e. The second kappa shape index (κ2) is 6.14. The summed E-state index contributed by atoms with van der Waals surface area (Å²) in [6, 6.07) is 0.493. The van der Waals surface area contributed by atoms with E-state index in [-0.39, 0.29) is 5.41 Å². The van der Waals surface area contributed by atoms with Crippen molar-refractivity contribution < 1.29 is 0 Å². The minimum absolute atomic E-state index is 0.270. The van der Waals surface area contributed by atoms with Crippen LogP contribution in [0.5, 0.6) is 0 Å². The molecule has 0 aliphatic heterocycles. The molecule has 0 amide bonds. The molecule has 1 unspecified atom stereocenters. The number of aromatic nitrogens is 2. The molecule has 0 saturated heterocycles. The Hall–Kier alpha value is -1.16. The summed E-state index contributed by atoms with van der Waals surface area (Å²) in [6.07, 6.45) is 3.65. The lowest BCUT2D eigenvalue weighted by Crippen LogP contribution is -2.39. The molecule has 4 nitrogen and oxygen atoms in total. The maximum absolute atomic E-state index is 4.44. The third-order valence-corrected chi connectivity index (χ3v) is 3.39. The fourth-order valence-electron chi connectivity index (χ4n) is 1.76. The summed E-state index contributed by atoms with van der Waals surface area (Å²) < 4.78 is 0. The molecule has 0 aliphatic carbocycles. The normalized spacial score (nSPS) is 13.7. The van der Waals surface area contributed by atoms with Crippen molar-refractivity contribution in [3.8, 4) is 0 Å². The van der Waals surface area contributed by atoms with E-state index in [4.69, 9.17) is 0 Å². The molecular weight excluding hydrogens is 224 g/mol. The average Bonchev–Trinajstić information content (AvgIpc) is 2.30. The average molecular weight is 250 g/mol. The summed E-state index contributed by atoms with van der Waals surface area (Å²) in [5.74, 6) is 0.841. The summed E-state index contributed by atoms with van der Waals surface area (Å²) in [4.78, 5) is 11.1. The first kappa shape index (κ1) is 14.9. The highest BCUT2D eigenvalue weighted by atomic mass is 15.1. The summed E-state index contributed by atoms with van der Waals surface area (Å²) in [6.45, 7) is 12.8. The molecule has 1 atom stereocenters. The molecule has 102 valence electrons. The van der Waals surface area contributed by atoms with E-state index in [0.29, 0.717) is 6.04 Å². The smallest absolute Gasteiger partial charge is 0.144 e. The van der Waals surface area contributed by atoms with Crippen molar-refractivity contribution in [2.75, 3.05) is 18.9 Å². The van der Waals surface area contributed by atoms with Crippen LogP contribution in [0.15, 0.2) is 12.4 Å². The van der Waals surface area contributed by atoms with Crippen LogP contribution in [0.25, 0.3) is 0 Å². The molecule has 18 heavy (non-hydrogen) atoms. The van der Waals surface area contributed by atoms with Gasteiger partial charge in [-0.15, -0.1) is 0 Å². The van der Waals surface area contributed by atoms with Gasteiger partial charge in [-0.25, -0.2) is 4.98 Å².